The number of piperazine rings is 1. The zero-order valence-corrected chi connectivity index (χ0v) is 14.0. The average molecular weight is 304 g/mol. The van der Waals surface area contributed by atoms with E-state index >= 15 is 0 Å². The van der Waals surface area contributed by atoms with Crippen LogP contribution < -0.4 is 15.5 Å². The molecule has 1 aromatic heterocycles. The third-order valence-electron chi connectivity index (χ3n) is 4.37. The first-order chi connectivity index (χ1) is 10.5. The molecule has 2 aliphatic rings. The zero-order chi connectivity index (χ0) is 15.6. The van der Waals surface area contributed by atoms with Crippen molar-refractivity contribution < 1.29 is 0 Å². The van der Waals surface area contributed by atoms with Gasteiger partial charge in [0.05, 0.1) is 0 Å². The lowest BCUT2D eigenvalue weighted by atomic mass is 9.97. The molecule has 6 nitrogen and oxygen atoms in total. The van der Waals surface area contributed by atoms with Gasteiger partial charge >= 0.3 is 0 Å². The molecule has 3 heterocycles. The second-order valence-electron chi connectivity index (χ2n) is 7.51. The third-order valence-corrected chi connectivity index (χ3v) is 4.37. The summed E-state index contributed by atoms with van der Waals surface area (Å²) in [5.41, 5.74) is 0.244. The molecule has 0 spiro atoms. The molecular weight excluding hydrogens is 276 g/mol. The van der Waals surface area contributed by atoms with Crippen LogP contribution >= 0.6 is 0 Å². The fourth-order valence-corrected chi connectivity index (χ4v) is 2.82. The summed E-state index contributed by atoms with van der Waals surface area (Å²) in [5, 5.41) is 6.76. The van der Waals surface area contributed by atoms with E-state index in [1.165, 1.54) is 0 Å². The van der Waals surface area contributed by atoms with Crippen molar-refractivity contribution in [2.24, 2.45) is 5.41 Å². The van der Waals surface area contributed by atoms with Gasteiger partial charge in [-0.3, -0.25) is 4.90 Å². The molecule has 0 unspecified atom stereocenters. The average Bonchev–Trinajstić information content (AvgIpc) is 2.44. The molecule has 2 N–H and O–H groups in total. The molecule has 0 aliphatic carbocycles. The summed E-state index contributed by atoms with van der Waals surface area (Å²) in [5.74, 6) is 1.96. The minimum Gasteiger partial charge on any atom is -0.369 e. The Morgan fingerprint density at radius 2 is 1.91 bits per heavy atom. The van der Waals surface area contributed by atoms with Crippen molar-refractivity contribution in [3.8, 4) is 0 Å². The van der Waals surface area contributed by atoms with Crippen molar-refractivity contribution in [1.29, 1.82) is 0 Å². The lowest BCUT2D eigenvalue weighted by Crippen LogP contribution is -2.61. The molecule has 0 bridgehead atoms. The third kappa shape index (κ3) is 3.87. The Morgan fingerprint density at radius 3 is 2.50 bits per heavy atom. The number of rotatable bonds is 4. The molecule has 6 heteroatoms. The fourth-order valence-electron chi connectivity index (χ4n) is 2.82. The minimum atomic E-state index is 0.244. The van der Waals surface area contributed by atoms with E-state index in [9.17, 15) is 0 Å². The molecule has 2 saturated heterocycles. The highest BCUT2D eigenvalue weighted by Gasteiger charge is 2.28. The van der Waals surface area contributed by atoms with E-state index in [4.69, 9.17) is 0 Å². The van der Waals surface area contributed by atoms with E-state index in [0.29, 0.717) is 0 Å². The van der Waals surface area contributed by atoms with E-state index < -0.39 is 0 Å². The second kappa shape index (κ2) is 6.38. The fraction of sp³-hybridized carbons (Fsp3) is 0.750. The monoisotopic (exact) mass is 304 g/mol. The zero-order valence-electron chi connectivity index (χ0n) is 14.0. The molecule has 1 aromatic rings. The summed E-state index contributed by atoms with van der Waals surface area (Å²) in [4.78, 5) is 13.7. The van der Waals surface area contributed by atoms with Crippen molar-refractivity contribution in [2.45, 2.75) is 26.8 Å². The van der Waals surface area contributed by atoms with E-state index in [1.807, 2.05) is 0 Å². The van der Waals surface area contributed by atoms with Crippen LogP contribution in [0.1, 0.15) is 20.8 Å². The van der Waals surface area contributed by atoms with Crippen LogP contribution in [-0.2, 0) is 0 Å². The number of aromatic nitrogens is 2. The summed E-state index contributed by atoms with van der Waals surface area (Å²) in [6.45, 7) is 14.2. The summed E-state index contributed by atoms with van der Waals surface area (Å²) >= 11 is 0. The predicted octanol–water partition coefficient (Wildman–Crippen LogP) is 1.03. The van der Waals surface area contributed by atoms with Gasteiger partial charge in [0.1, 0.15) is 18.0 Å². The Kier molecular flexibility index (Phi) is 4.49. The minimum absolute atomic E-state index is 0.244. The number of hydrogen-bond acceptors (Lipinski definition) is 6. The first kappa shape index (κ1) is 15.5. The van der Waals surface area contributed by atoms with Gasteiger partial charge in [-0.1, -0.05) is 20.8 Å². The summed E-state index contributed by atoms with van der Waals surface area (Å²) in [6, 6.07) is 2.82. The van der Waals surface area contributed by atoms with Crippen molar-refractivity contribution >= 4 is 11.6 Å². The second-order valence-corrected chi connectivity index (χ2v) is 7.51. The summed E-state index contributed by atoms with van der Waals surface area (Å²) < 4.78 is 0. The predicted molar refractivity (Wildman–Crippen MR) is 90.4 cm³/mol. The molecular formula is C16H28N6. The Hall–Kier alpha value is -1.40. The lowest BCUT2D eigenvalue weighted by Gasteiger charge is -2.43. The Balaban J connectivity index is 1.56. The molecule has 2 aliphatic heterocycles. The molecule has 2 fully saturated rings. The van der Waals surface area contributed by atoms with Crippen LogP contribution in [0.5, 0.6) is 0 Å². The van der Waals surface area contributed by atoms with Crippen LogP contribution in [0, 0.1) is 5.41 Å². The van der Waals surface area contributed by atoms with E-state index in [0.717, 1.165) is 63.5 Å². The number of hydrogen-bond donors (Lipinski definition) is 2. The lowest BCUT2D eigenvalue weighted by molar-refractivity contribution is 0.137. The van der Waals surface area contributed by atoms with Crippen LogP contribution in [0.25, 0.3) is 0 Å². The maximum absolute atomic E-state index is 4.46. The molecule has 3 rings (SSSR count). The first-order valence-corrected chi connectivity index (χ1v) is 8.27. The SMILES string of the molecule is CC(C)(C)CNc1cc(N2CCN(C3CNC3)CC2)ncn1. The molecule has 122 valence electrons. The standard InChI is InChI=1S/C16H28N6/c1-16(2,3)11-18-14-8-15(20-12-19-14)22-6-4-21(5-7-22)13-9-17-10-13/h8,12-13,17H,4-7,9-11H2,1-3H3,(H,18,19,20). The van der Waals surface area contributed by atoms with Gasteiger partial charge in [-0.05, 0) is 5.41 Å². The molecule has 0 aromatic carbocycles. The van der Waals surface area contributed by atoms with Gasteiger partial charge in [0.15, 0.2) is 0 Å². The van der Waals surface area contributed by atoms with Crippen LogP contribution in [0.15, 0.2) is 12.4 Å². The van der Waals surface area contributed by atoms with Gasteiger partial charge in [0.25, 0.3) is 0 Å². The largest absolute Gasteiger partial charge is 0.369 e. The smallest absolute Gasteiger partial charge is 0.134 e. The number of nitrogens with zero attached hydrogens (tertiary/aromatic N) is 4. The van der Waals surface area contributed by atoms with Gasteiger partial charge in [-0.15, -0.1) is 0 Å². The van der Waals surface area contributed by atoms with Crippen LogP contribution in [-0.4, -0.2) is 66.7 Å². The van der Waals surface area contributed by atoms with Crippen LogP contribution in [0.4, 0.5) is 11.6 Å². The van der Waals surface area contributed by atoms with Crippen molar-refractivity contribution in [3.63, 3.8) is 0 Å². The van der Waals surface area contributed by atoms with Gasteiger partial charge in [-0.2, -0.15) is 0 Å². The maximum Gasteiger partial charge on any atom is 0.134 e. The molecule has 0 saturated carbocycles. The van der Waals surface area contributed by atoms with Crippen LogP contribution in [0.2, 0.25) is 0 Å². The summed E-state index contributed by atoms with van der Waals surface area (Å²) in [7, 11) is 0. The van der Waals surface area contributed by atoms with Crippen molar-refractivity contribution in [1.82, 2.24) is 20.2 Å². The Morgan fingerprint density at radius 1 is 1.18 bits per heavy atom. The van der Waals surface area contributed by atoms with Crippen molar-refractivity contribution in [3.05, 3.63) is 12.4 Å². The van der Waals surface area contributed by atoms with Gasteiger partial charge in [0, 0.05) is 57.9 Å². The maximum atomic E-state index is 4.46. The molecule has 0 amide bonds. The Labute approximate surface area is 133 Å². The first-order valence-electron chi connectivity index (χ1n) is 8.27. The van der Waals surface area contributed by atoms with Gasteiger partial charge in [0.2, 0.25) is 0 Å². The van der Waals surface area contributed by atoms with Crippen LogP contribution in [0.3, 0.4) is 0 Å². The normalized spacial score (nSPS) is 20.8. The highest BCUT2D eigenvalue weighted by Crippen LogP contribution is 2.19. The van der Waals surface area contributed by atoms with E-state index in [-0.39, 0.29) is 5.41 Å². The molecule has 0 atom stereocenters. The number of nitrogens with one attached hydrogen (secondary N) is 2. The summed E-state index contributed by atoms with van der Waals surface area (Å²) in [6.07, 6.45) is 1.67. The van der Waals surface area contributed by atoms with Gasteiger partial charge in [-0.25, -0.2) is 9.97 Å². The number of anilines is 2. The highest BCUT2D eigenvalue weighted by atomic mass is 15.3. The quantitative estimate of drug-likeness (QED) is 0.866. The van der Waals surface area contributed by atoms with Gasteiger partial charge < -0.3 is 15.5 Å². The van der Waals surface area contributed by atoms with Crippen molar-refractivity contribution in [2.75, 3.05) is 56.0 Å². The molecule has 0 radical (unpaired) electrons. The Bertz CT molecular complexity index is 486. The topological polar surface area (TPSA) is 56.3 Å². The van der Waals surface area contributed by atoms with E-state index in [2.05, 4.69) is 57.2 Å². The molecule has 22 heavy (non-hydrogen) atoms. The highest BCUT2D eigenvalue weighted by molar-refractivity contribution is 5.48. The van der Waals surface area contributed by atoms with E-state index in [1.54, 1.807) is 6.33 Å².